The number of nitrogens with one attached hydrogen (secondary N) is 1. The van der Waals surface area contributed by atoms with Crippen LogP contribution in [0.4, 0.5) is 11.4 Å². The van der Waals surface area contributed by atoms with Crippen LogP contribution >= 0.6 is 0 Å². The number of piperazine rings is 1. The second-order valence-electron chi connectivity index (χ2n) is 9.40. The Labute approximate surface area is 223 Å². The van der Waals surface area contributed by atoms with Crippen LogP contribution in [-0.4, -0.2) is 51.8 Å². The van der Waals surface area contributed by atoms with Gasteiger partial charge in [-0.25, -0.2) is 4.98 Å². The number of benzene rings is 2. The summed E-state index contributed by atoms with van der Waals surface area (Å²) in [6, 6.07) is 22.8. The maximum atomic E-state index is 13.2. The van der Waals surface area contributed by atoms with Crippen LogP contribution in [0, 0.1) is 13.8 Å². The molecule has 8 nitrogen and oxygen atoms in total. The number of rotatable bonds is 8. The Morgan fingerprint density at radius 2 is 1.71 bits per heavy atom. The lowest BCUT2D eigenvalue weighted by Gasteiger charge is -2.38. The monoisotopic (exact) mass is 508 g/mol. The lowest BCUT2D eigenvalue weighted by Crippen LogP contribution is -2.46. The van der Waals surface area contributed by atoms with Crippen LogP contribution in [0.2, 0.25) is 0 Å². The van der Waals surface area contributed by atoms with Crippen molar-refractivity contribution in [1.82, 2.24) is 19.7 Å². The van der Waals surface area contributed by atoms with Gasteiger partial charge in [0, 0.05) is 49.3 Å². The molecule has 1 fully saturated rings. The van der Waals surface area contributed by atoms with Crippen molar-refractivity contribution in [3.63, 3.8) is 0 Å². The summed E-state index contributed by atoms with van der Waals surface area (Å²) < 4.78 is 7.74. The first kappa shape index (κ1) is 25.1. The third-order valence-electron chi connectivity index (χ3n) is 6.61. The Balaban J connectivity index is 1.19. The molecule has 1 amide bonds. The van der Waals surface area contributed by atoms with E-state index in [2.05, 4.69) is 44.8 Å². The van der Waals surface area contributed by atoms with Gasteiger partial charge in [-0.05, 0) is 50.2 Å². The van der Waals surface area contributed by atoms with E-state index < -0.39 is 0 Å². The van der Waals surface area contributed by atoms with Gasteiger partial charge in [0.15, 0.2) is 0 Å². The zero-order chi connectivity index (χ0) is 26.5. The number of nitrogens with zero attached hydrogens (tertiary/aromatic N) is 5. The van der Waals surface area contributed by atoms with Crippen LogP contribution in [0.25, 0.3) is 0 Å². The van der Waals surface area contributed by atoms with Gasteiger partial charge >= 0.3 is 0 Å². The number of ether oxygens (including phenoxy) is 1. The van der Waals surface area contributed by atoms with Crippen LogP contribution in [0.15, 0.2) is 91.3 Å². The van der Waals surface area contributed by atoms with Crippen LogP contribution in [0.1, 0.15) is 21.7 Å². The molecule has 5 rings (SSSR count). The van der Waals surface area contributed by atoms with Gasteiger partial charge in [-0.3, -0.25) is 9.48 Å². The van der Waals surface area contributed by atoms with Gasteiger partial charge in [-0.2, -0.15) is 5.10 Å². The molecular formula is C30H32N6O2. The Morgan fingerprint density at radius 1 is 0.974 bits per heavy atom. The molecule has 0 spiro atoms. The van der Waals surface area contributed by atoms with Crippen molar-refractivity contribution in [2.75, 3.05) is 36.4 Å². The van der Waals surface area contributed by atoms with E-state index in [1.54, 1.807) is 18.3 Å². The minimum absolute atomic E-state index is 0.171. The Hall–Kier alpha value is -4.59. The van der Waals surface area contributed by atoms with Gasteiger partial charge in [0.2, 0.25) is 5.88 Å². The summed E-state index contributed by atoms with van der Waals surface area (Å²) in [6.07, 6.45) is 1.60. The molecule has 3 heterocycles. The molecule has 0 unspecified atom stereocenters. The highest BCUT2D eigenvalue weighted by atomic mass is 16.5. The molecule has 4 aromatic rings. The average molecular weight is 509 g/mol. The number of hydrogen-bond donors (Lipinski definition) is 1. The van der Waals surface area contributed by atoms with Crippen molar-refractivity contribution in [1.29, 1.82) is 0 Å². The normalized spacial score (nSPS) is 13.3. The van der Waals surface area contributed by atoms with Crippen molar-refractivity contribution in [3.8, 4) is 11.6 Å². The summed E-state index contributed by atoms with van der Waals surface area (Å²) >= 11 is 0. The zero-order valence-electron chi connectivity index (χ0n) is 21.8. The highest BCUT2D eigenvalue weighted by Crippen LogP contribution is 2.25. The van der Waals surface area contributed by atoms with Crippen LogP contribution in [0.3, 0.4) is 0 Å². The molecule has 1 aliphatic heterocycles. The van der Waals surface area contributed by atoms with Gasteiger partial charge in [0.1, 0.15) is 5.75 Å². The van der Waals surface area contributed by atoms with Crippen molar-refractivity contribution in [3.05, 3.63) is 108 Å². The average Bonchev–Trinajstić information content (AvgIpc) is 3.26. The molecule has 0 bridgehead atoms. The number of aromatic nitrogens is 3. The van der Waals surface area contributed by atoms with E-state index in [0.717, 1.165) is 49.0 Å². The lowest BCUT2D eigenvalue weighted by molar-refractivity contribution is 0.102. The van der Waals surface area contributed by atoms with E-state index in [9.17, 15) is 4.79 Å². The highest BCUT2D eigenvalue weighted by molar-refractivity contribution is 6.08. The van der Waals surface area contributed by atoms with Crippen molar-refractivity contribution < 1.29 is 9.53 Å². The number of para-hydroxylation sites is 2. The number of allylic oxidation sites excluding steroid dienone is 1. The Kier molecular flexibility index (Phi) is 7.40. The number of pyridine rings is 1. The van der Waals surface area contributed by atoms with Gasteiger partial charge in [-0.1, -0.05) is 36.9 Å². The number of carbonyl (C=O) groups excluding carboxylic acids is 1. The molecule has 0 aliphatic carbocycles. The number of aryl methyl sites for hydroxylation is 2. The standard InChI is InChI=1S/C30H32N6O2/c1-22-19-23(2)36(33-22)21-24(3)34-15-17-35(18-16-34)28-12-8-7-11-27(28)30(37)32-25-13-14-29(31-20-25)38-26-9-5-4-6-10-26/h4-14,19-20H,3,15-18,21H2,1-2H3,(H,32,37). The van der Waals surface area contributed by atoms with Gasteiger partial charge in [0.25, 0.3) is 5.91 Å². The molecular weight excluding hydrogens is 476 g/mol. The second kappa shape index (κ2) is 11.2. The quantitative estimate of drug-likeness (QED) is 0.349. The first-order valence-corrected chi connectivity index (χ1v) is 12.7. The highest BCUT2D eigenvalue weighted by Gasteiger charge is 2.22. The van der Waals surface area contributed by atoms with Crippen LogP contribution < -0.4 is 15.0 Å². The third-order valence-corrected chi connectivity index (χ3v) is 6.61. The first-order chi connectivity index (χ1) is 18.5. The smallest absolute Gasteiger partial charge is 0.257 e. The van der Waals surface area contributed by atoms with Gasteiger partial charge in [0.05, 0.1) is 29.7 Å². The van der Waals surface area contributed by atoms with E-state index in [1.165, 1.54) is 0 Å². The molecule has 194 valence electrons. The molecule has 1 saturated heterocycles. The largest absolute Gasteiger partial charge is 0.439 e. The maximum absolute atomic E-state index is 13.2. The zero-order valence-corrected chi connectivity index (χ0v) is 21.8. The van der Waals surface area contributed by atoms with E-state index in [-0.39, 0.29) is 5.91 Å². The summed E-state index contributed by atoms with van der Waals surface area (Å²) in [5.41, 5.74) is 5.36. The third kappa shape index (κ3) is 5.86. The predicted molar refractivity (Wildman–Crippen MR) is 150 cm³/mol. The number of amides is 1. The fraction of sp³-hybridized carbons (Fsp3) is 0.233. The molecule has 2 aromatic heterocycles. The molecule has 2 aromatic carbocycles. The second-order valence-corrected chi connectivity index (χ2v) is 9.40. The predicted octanol–water partition coefficient (Wildman–Crippen LogP) is 5.28. The minimum atomic E-state index is -0.171. The number of hydrogen-bond acceptors (Lipinski definition) is 6. The van der Waals surface area contributed by atoms with E-state index >= 15 is 0 Å². The van der Waals surface area contributed by atoms with Crippen LogP contribution in [0.5, 0.6) is 11.6 Å². The Morgan fingerprint density at radius 3 is 2.39 bits per heavy atom. The number of carbonyl (C=O) groups is 1. The molecule has 38 heavy (non-hydrogen) atoms. The molecule has 0 saturated carbocycles. The van der Waals surface area contributed by atoms with E-state index in [1.807, 2.05) is 66.2 Å². The summed E-state index contributed by atoms with van der Waals surface area (Å²) in [4.78, 5) is 22.1. The van der Waals surface area contributed by atoms with Crippen molar-refractivity contribution >= 4 is 17.3 Å². The van der Waals surface area contributed by atoms with Crippen molar-refractivity contribution in [2.24, 2.45) is 0 Å². The lowest BCUT2D eigenvalue weighted by atomic mass is 10.1. The fourth-order valence-electron chi connectivity index (χ4n) is 4.64. The molecule has 8 heteroatoms. The molecule has 1 N–H and O–H groups in total. The van der Waals surface area contributed by atoms with Crippen molar-refractivity contribution in [2.45, 2.75) is 20.4 Å². The van der Waals surface area contributed by atoms with Gasteiger partial charge < -0.3 is 19.9 Å². The minimum Gasteiger partial charge on any atom is -0.439 e. The topological polar surface area (TPSA) is 75.5 Å². The number of anilines is 2. The van der Waals surface area contributed by atoms with Crippen LogP contribution in [-0.2, 0) is 6.54 Å². The molecule has 1 aliphatic rings. The summed E-state index contributed by atoms with van der Waals surface area (Å²) in [5, 5.41) is 7.53. The van der Waals surface area contributed by atoms with E-state index in [4.69, 9.17) is 4.74 Å². The maximum Gasteiger partial charge on any atom is 0.257 e. The molecule has 0 atom stereocenters. The molecule has 0 radical (unpaired) electrons. The first-order valence-electron chi connectivity index (χ1n) is 12.7. The summed E-state index contributed by atoms with van der Waals surface area (Å²) in [5.74, 6) is 1.00. The summed E-state index contributed by atoms with van der Waals surface area (Å²) in [7, 11) is 0. The Bertz CT molecular complexity index is 1410. The fourth-order valence-corrected chi connectivity index (χ4v) is 4.64. The SMILES string of the molecule is C=C(Cn1nc(C)cc1C)N1CCN(c2ccccc2C(=O)Nc2ccc(Oc3ccccc3)nc2)CC1. The van der Waals surface area contributed by atoms with Gasteiger partial charge in [-0.15, -0.1) is 0 Å². The van der Waals surface area contributed by atoms with E-state index in [0.29, 0.717) is 29.4 Å². The summed E-state index contributed by atoms with van der Waals surface area (Å²) in [6.45, 7) is 12.3.